The van der Waals surface area contributed by atoms with Gasteiger partial charge in [-0.25, -0.2) is 0 Å². The number of benzene rings is 2. The molecule has 0 heterocycles. The van der Waals surface area contributed by atoms with Gasteiger partial charge in [0.1, 0.15) is 5.75 Å². The van der Waals surface area contributed by atoms with Crippen LogP contribution in [0.2, 0.25) is 10.0 Å². The maximum atomic E-state index is 12.2. The van der Waals surface area contributed by atoms with Crippen molar-refractivity contribution in [2.45, 2.75) is 0 Å². The molecule has 0 radical (unpaired) electrons. The molecule has 0 aromatic heterocycles. The molecule has 8 heteroatoms. The summed E-state index contributed by atoms with van der Waals surface area (Å²) in [7, 11) is 1.50. The van der Waals surface area contributed by atoms with Crippen LogP contribution in [0.5, 0.6) is 5.75 Å². The Hall–Kier alpha value is -1.09. The fourth-order valence-electron chi connectivity index (χ4n) is 1.73. The predicted molar refractivity (Wildman–Crippen MR) is 106 cm³/mol. The molecule has 0 aliphatic heterocycles. The lowest BCUT2D eigenvalue weighted by molar-refractivity contribution is 0.0977. The van der Waals surface area contributed by atoms with Crippen molar-refractivity contribution in [1.29, 1.82) is 0 Å². The summed E-state index contributed by atoms with van der Waals surface area (Å²) in [6.07, 6.45) is 0. The molecule has 4 nitrogen and oxygen atoms in total. The number of anilines is 1. The van der Waals surface area contributed by atoms with Crippen LogP contribution in [0.1, 0.15) is 10.4 Å². The number of hydrogen-bond donors (Lipinski definition) is 2. The van der Waals surface area contributed by atoms with Gasteiger partial charge in [0, 0.05) is 9.13 Å². The number of thiocarbonyl (C=S) groups is 1. The molecule has 0 fully saturated rings. The quantitative estimate of drug-likeness (QED) is 0.492. The van der Waals surface area contributed by atoms with Crippen LogP contribution >= 0.6 is 58.0 Å². The van der Waals surface area contributed by atoms with E-state index in [-0.39, 0.29) is 11.0 Å². The fraction of sp³-hybridized carbons (Fsp3) is 0.0667. The van der Waals surface area contributed by atoms with E-state index in [0.29, 0.717) is 27.0 Å². The van der Waals surface area contributed by atoms with Crippen LogP contribution in [0.15, 0.2) is 36.4 Å². The number of carbonyl (C=O) groups excluding carboxylic acids is 1. The summed E-state index contributed by atoms with van der Waals surface area (Å²) >= 11 is 19.4. The van der Waals surface area contributed by atoms with E-state index in [1.807, 2.05) is 6.07 Å². The van der Waals surface area contributed by atoms with Gasteiger partial charge >= 0.3 is 0 Å². The summed E-state index contributed by atoms with van der Waals surface area (Å²) in [5.74, 6) is 0.114. The number of rotatable bonds is 3. The first-order valence-corrected chi connectivity index (χ1v) is 8.56. The zero-order valence-corrected chi connectivity index (χ0v) is 16.3. The van der Waals surface area contributed by atoms with E-state index in [1.54, 1.807) is 24.3 Å². The van der Waals surface area contributed by atoms with Gasteiger partial charge < -0.3 is 10.1 Å². The molecular formula is C15H11Cl2IN2O2S. The Bertz CT molecular complexity index is 771. The Labute approximate surface area is 162 Å². The van der Waals surface area contributed by atoms with Crippen LogP contribution in [0, 0.1) is 3.57 Å². The molecule has 1 amide bonds. The van der Waals surface area contributed by atoms with Gasteiger partial charge in [0.2, 0.25) is 0 Å². The van der Waals surface area contributed by atoms with Crippen molar-refractivity contribution in [3.63, 3.8) is 0 Å². The van der Waals surface area contributed by atoms with Crippen molar-refractivity contribution < 1.29 is 9.53 Å². The molecule has 0 unspecified atom stereocenters. The zero-order chi connectivity index (χ0) is 17.0. The number of halogens is 3. The molecule has 0 bridgehead atoms. The summed E-state index contributed by atoms with van der Waals surface area (Å²) in [5, 5.41) is 6.46. The molecule has 2 rings (SSSR count). The lowest BCUT2D eigenvalue weighted by atomic mass is 10.2. The minimum absolute atomic E-state index is 0.144. The Balaban J connectivity index is 2.05. The molecule has 23 heavy (non-hydrogen) atoms. The lowest BCUT2D eigenvalue weighted by Crippen LogP contribution is -2.34. The maximum Gasteiger partial charge on any atom is 0.257 e. The van der Waals surface area contributed by atoms with Crippen molar-refractivity contribution in [2.24, 2.45) is 0 Å². The molecule has 0 aliphatic rings. The topological polar surface area (TPSA) is 50.4 Å². The van der Waals surface area contributed by atoms with Crippen LogP contribution in [-0.4, -0.2) is 18.1 Å². The molecule has 120 valence electrons. The highest BCUT2D eigenvalue weighted by Crippen LogP contribution is 2.25. The number of carbonyl (C=O) groups is 1. The maximum absolute atomic E-state index is 12.2. The highest BCUT2D eigenvalue weighted by atomic mass is 127. The summed E-state index contributed by atoms with van der Waals surface area (Å²) in [6.45, 7) is 0. The second kappa shape index (κ2) is 8.14. The van der Waals surface area contributed by atoms with Crippen molar-refractivity contribution in [2.75, 3.05) is 12.4 Å². The molecule has 0 aliphatic carbocycles. The lowest BCUT2D eigenvalue weighted by Gasteiger charge is -2.11. The van der Waals surface area contributed by atoms with Crippen molar-refractivity contribution in [3.05, 3.63) is 55.6 Å². The van der Waals surface area contributed by atoms with Crippen molar-refractivity contribution in [1.82, 2.24) is 5.32 Å². The summed E-state index contributed by atoms with van der Waals surface area (Å²) in [6, 6.07) is 10.2. The first kappa shape index (κ1) is 18.3. The van der Waals surface area contributed by atoms with Crippen molar-refractivity contribution in [3.8, 4) is 5.75 Å². The third-order valence-electron chi connectivity index (χ3n) is 2.82. The molecule has 0 saturated carbocycles. The molecule has 0 saturated heterocycles. The first-order chi connectivity index (χ1) is 10.9. The Morgan fingerprint density at radius 1 is 1.17 bits per heavy atom. The minimum Gasteiger partial charge on any atom is -0.495 e. The van der Waals surface area contributed by atoms with Gasteiger partial charge in [0.15, 0.2) is 5.11 Å². The van der Waals surface area contributed by atoms with E-state index < -0.39 is 0 Å². The molecule has 2 aromatic carbocycles. The van der Waals surface area contributed by atoms with E-state index in [9.17, 15) is 4.79 Å². The fourth-order valence-corrected chi connectivity index (χ4v) is 3.09. The number of methoxy groups -OCH3 is 1. The Kier molecular flexibility index (Phi) is 6.46. The van der Waals surface area contributed by atoms with Gasteiger partial charge in [0.05, 0.1) is 22.8 Å². The van der Waals surface area contributed by atoms with Gasteiger partial charge in [-0.3, -0.25) is 10.1 Å². The molecular weight excluding hydrogens is 470 g/mol. The number of nitrogens with one attached hydrogen (secondary N) is 2. The summed E-state index contributed by atoms with van der Waals surface area (Å²) < 4.78 is 6.05. The highest BCUT2D eigenvalue weighted by molar-refractivity contribution is 14.1. The van der Waals surface area contributed by atoms with E-state index in [0.717, 1.165) is 3.57 Å². The van der Waals surface area contributed by atoms with E-state index in [2.05, 4.69) is 33.2 Å². The van der Waals surface area contributed by atoms with Crippen LogP contribution in [0.25, 0.3) is 0 Å². The average Bonchev–Trinajstić information content (AvgIpc) is 2.50. The average molecular weight is 481 g/mol. The first-order valence-electron chi connectivity index (χ1n) is 6.31. The van der Waals surface area contributed by atoms with Crippen LogP contribution in [0.3, 0.4) is 0 Å². The van der Waals surface area contributed by atoms with Gasteiger partial charge in [-0.05, 0) is 71.2 Å². The van der Waals surface area contributed by atoms with Crippen molar-refractivity contribution >= 4 is 74.7 Å². The smallest absolute Gasteiger partial charge is 0.257 e. The van der Waals surface area contributed by atoms with E-state index in [1.165, 1.54) is 13.2 Å². The minimum atomic E-state index is -0.381. The third-order valence-corrected chi connectivity index (χ3v) is 4.30. The Morgan fingerprint density at radius 2 is 1.91 bits per heavy atom. The highest BCUT2D eigenvalue weighted by Gasteiger charge is 2.11. The summed E-state index contributed by atoms with van der Waals surface area (Å²) in [5.41, 5.74) is 0.985. The van der Waals surface area contributed by atoms with E-state index >= 15 is 0 Å². The molecule has 0 atom stereocenters. The van der Waals surface area contributed by atoms with Gasteiger partial charge in [-0.15, -0.1) is 0 Å². The van der Waals surface area contributed by atoms with Crippen LogP contribution < -0.4 is 15.4 Å². The summed E-state index contributed by atoms with van der Waals surface area (Å²) in [4.78, 5) is 12.2. The number of ether oxygens (including phenoxy) is 1. The van der Waals surface area contributed by atoms with Gasteiger partial charge in [-0.2, -0.15) is 0 Å². The third kappa shape index (κ3) is 4.94. The molecule has 2 aromatic rings. The molecule has 0 spiro atoms. The van der Waals surface area contributed by atoms with Gasteiger partial charge in [-0.1, -0.05) is 23.2 Å². The van der Waals surface area contributed by atoms with Gasteiger partial charge in [0.25, 0.3) is 5.91 Å². The standard InChI is InChI=1S/C15H11Cl2IN2O2S/c1-22-13-5-2-8(6-11(13)17)14(21)20-15(23)19-12-4-3-9(18)7-10(12)16/h2-7H,1H3,(H2,19,20,21,23). The normalized spacial score (nSPS) is 10.1. The second-order valence-corrected chi connectivity index (χ2v) is 6.85. The second-order valence-electron chi connectivity index (χ2n) is 4.38. The molecule has 2 N–H and O–H groups in total. The monoisotopic (exact) mass is 480 g/mol. The predicted octanol–water partition coefficient (Wildman–Crippen LogP) is 4.73. The van der Waals surface area contributed by atoms with Crippen LogP contribution in [0.4, 0.5) is 5.69 Å². The number of hydrogen-bond acceptors (Lipinski definition) is 3. The SMILES string of the molecule is COc1ccc(C(=O)NC(=S)Nc2ccc(I)cc2Cl)cc1Cl. The number of amides is 1. The van der Waals surface area contributed by atoms with E-state index in [4.69, 9.17) is 40.2 Å². The van der Waals surface area contributed by atoms with Crippen LogP contribution in [-0.2, 0) is 0 Å². The largest absolute Gasteiger partial charge is 0.495 e. The zero-order valence-electron chi connectivity index (χ0n) is 11.8. The Morgan fingerprint density at radius 3 is 2.52 bits per heavy atom.